The lowest BCUT2D eigenvalue weighted by molar-refractivity contribution is -0.123. The molecule has 1 aliphatic carbocycles. The lowest BCUT2D eigenvalue weighted by atomic mass is 9.91. The van der Waals surface area contributed by atoms with E-state index in [1.807, 2.05) is 23.6 Å². The highest BCUT2D eigenvalue weighted by Crippen LogP contribution is 2.49. The van der Waals surface area contributed by atoms with Crippen LogP contribution in [0, 0.1) is 11.7 Å². The molecule has 1 fully saturated rings. The molecule has 0 spiro atoms. The minimum absolute atomic E-state index is 0.129. The summed E-state index contributed by atoms with van der Waals surface area (Å²) in [6.07, 6.45) is 2.53. The van der Waals surface area contributed by atoms with Crippen LogP contribution in [0.25, 0.3) is 0 Å². The summed E-state index contributed by atoms with van der Waals surface area (Å²) in [5.74, 6) is 1.02. The van der Waals surface area contributed by atoms with E-state index in [9.17, 15) is 4.79 Å². The van der Waals surface area contributed by atoms with Crippen LogP contribution in [-0.4, -0.2) is 27.2 Å². The van der Waals surface area contributed by atoms with Crippen LogP contribution in [0.1, 0.15) is 36.7 Å². The van der Waals surface area contributed by atoms with Crippen molar-refractivity contribution in [3.8, 4) is 0 Å². The van der Waals surface area contributed by atoms with E-state index in [1.54, 1.807) is 0 Å². The number of aromatic amines is 1. The number of carbonyl (C=O) groups is 1. The molecule has 1 amide bonds. The second-order valence-electron chi connectivity index (χ2n) is 6.09. The van der Waals surface area contributed by atoms with E-state index in [-0.39, 0.29) is 11.3 Å². The van der Waals surface area contributed by atoms with Gasteiger partial charge in [0.1, 0.15) is 5.82 Å². The lowest BCUT2D eigenvalue weighted by Gasteiger charge is -2.18. The molecule has 0 atom stereocenters. The first-order valence-electron chi connectivity index (χ1n) is 8.07. The topological polar surface area (TPSA) is 62.7 Å². The van der Waals surface area contributed by atoms with Crippen LogP contribution in [0.5, 0.6) is 0 Å². The number of nitrogens with one attached hydrogen (secondary N) is 2. The highest BCUT2D eigenvalue weighted by molar-refractivity contribution is 7.71. The molecule has 3 rings (SSSR count). The maximum Gasteiger partial charge on any atom is 0.230 e. The number of amides is 1. The molecule has 0 bridgehead atoms. The Morgan fingerprint density at radius 3 is 2.83 bits per heavy atom. The molecular formula is C17H22N4OS. The zero-order valence-electron chi connectivity index (χ0n) is 13.6. The summed E-state index contributed by atoms with van der Waals surface area (Å²) in [6.45, 7) is 5.46. The van der Waals surface area contributed by atoms with Gasteiger partial charge < -0.3 is 9.88 Å². The Labute approximate surface area is 141 Å². The van der Waals surface area contributed by atoms with Gasteiger partial charge in [-0.3, -0.25) is 9.89 Å². The number of benzene rings is 1. The van der Waals surface area contributed by atoms with Gasteiger partial charge >= 0.3 is 0 Å². The highest BCUT2D eigenvalue weighted by Gasteiger charge is 2.51. The van der Waals surface area contributed by atoms with Crippen LogP contribution in [0.4, 0.5) is 0 Å². The van der Waals surface area contributed by atoms with Crippen LogP contribution >= 0.6 is 12.2 Å². The van der Waals surface area contributed by atoms with Gasteiger partial charge in [-0.2, -0.15) is 5.10 Å². The zero-order valence-corrected chi connectivity index (χ0v) is 14.4. The van der Waals surface area contributed by atoms with Crippen molar-refractivity contribution in [2.24, 2.45) is 0 Å². The molecule has 2 aromatic rings. The fourth-order valence-corrected chi connectivity index (χ4v) is 3.46. The molecule has 5 nitrogen and oxygen atoms in total. The van der Waals surface area contributed by atoms with Crippen molar-refractivity contribution in [1.29, 1.82) is 0 Å². The fourth-order valence-electron chi connectivity index (χ4n) is 3.18. The number of aryl methyl sites for hydroxylation is 1. The summed E-state index contributed by atoms with van der Waals surface area (Å²) in [6, 6.07) is 8.17. The zero-order chi connectivity index (χ0) is 16.4. The van der Waals surface area contributed by atoms with Crippen molar-refractivity contribution in [1.82, 2.24) is 20.1 Å². The third-order valence-electron chi connectivity index (χ3n) is 4.63. The number of nitrogens with zero attached hydrogens (tertiary/aromatic N) is 2. The molecule has 1 aromatic carbocycles. The number of hydrogen-bond acceptors (Lipinski definition) is 3. The van der Waals surface area contributed by atoms with E-state index in [1.165, 1.54) is 5.56 Å². The van der Waals surface area contributed by atoms with Crippen LogP contribution in [0.15, 0.2) is 24.3 Å². The fraction of sp³-hybridized carbons (Fsp3) is 0.471. The van der Waals surface area contributed by atoms with Crippen molar-refractivity contribution in [3.63, 3.8) is 0 Å². The maximum atomic E-state index is 12.7. The van der Waals surface area contributed by atoms with Gasteiger partial charge in [-0.25, -0.2) is 0 Å². The minimum atomic E-state index is -0.319. The Kier molecular flexibility index (Phi) is 4.35. The lowest BCUT2D eigenvalue weighted by Crippen LogP contribution is -2.36. The molecule has 0 aliphatic heterocycles. The van der Waals surface area contributed by atoms with Gasteiger partial charge in [-0.05, 0) is 50.0 Å². The number of aromatic nitrogens is 3. The third-order valence-corrected chi connectivity index (χ3v) is 4.94. The molecule has 1 heterocycles. The number of H-pyrrole nitrogens is 1. The second kappa shape index (κ2) is 6.28. The molecule has 1 saturated carbocycles. The monoisotopic (exact) mass is 330 g/mol. The van der Waals surface area contributed by atoms with Gasteiger partial charge in [0.05, 0.1) is 5.41 Å². The average Bonchev–Trinajstić information content (AvgIpc) is 3.27. The molecule has 0 radical (unpaired) electrons. The van der Waals surface area contributed by atoms with Gasteiger partial charge in [0.25, 0.3) is 0 Å². The first-order chi connectivity index (χ1) is 11.1. The Hall–Kier alpha value is -1.95. The average molecular weight is 330 g/mol. The molecule has 2 N–H and O–H groups in total. The standard InChI is InChI=1S/C17H22N4OS/c1-3-21-14(19-20-16(21)23)8-11-18-15(22)17(9-10-17)13-7-5-4-6-12(13)2/h4-7H,3,8-11H2,1-2H3,(H,18,22)(H,20,23). The normalized spacial score (nSPS) is 15.4. The van der Waals surface area contributed by atoms with E-state index in [2.05, 4.69) is 34.6 Å². The maximum absolute atomic E-state index is 12.7. The van der Waals surface area contributed by atoms with E-state index < -0.39 is 0 Å². The van der Waals surface area contributed by atoms with Gasteiger partial charge in [-0.1, -0.05) is 24.3 Å². The predicted molar refractivity (Wildman–Crippen MR) is 91.9 cm³/mol. The van der Waals surface area contributed by atoms with Gasteiger partial charge in [0.2, 0.25) is 5.91 Å². The highest BCUT2D eigenvalue weighted by atomic mass is 32.1. The predicted octanol–water partition coefficient (Wildman–Crippen LogP) is 2.66. The first kappa shape index (κ1) is 15.9. The summed E-state index contributed by atoms with van der Waals surface area (Å²) < 4.78 is 2.59. The number of carbonyl (C=O) groups excluding carboxylic acids is 1. The van der Waals surface area contributed by atoms with Crippen molar-refractivity contribution >= 4 is 18.1 Å². The Morgan fingerprint density at radius 2 is 2.17 bits per heavy atom. The largest absolute Gasteiger partial charge is 0.355 e. The summed E-state index contributed by atoms with van der Waals surface area (Å²) in [7, 11) is 0. The molecule has 0 saturated heterocycles. The number of hydrogen-bond donors (Lipinski definition) is 2. The summed E-state index contributed by atoms with van der Waals surface area (Å²) >= 11 is 5.18. The SMILES string of the molecule is CCn1c(CCNC(=O)C2(c3ccccc3C)CC2)n[nH]c1=S. The second-order valence-corrected chi connectivity index (χ2v) is 6.48. The van der Waals surface area contributed by atoms with Crippen LogP contribution in [-0.2, 0) is 23.2 Å². The quantitative estimate of drug-likeness (QED) is 0.801. The van der Waals surface area contributed by atoms with Gasteiger partial charge in [0, 0.05) is 19.5 Å². The van der Waals surface area contributed by atoms with E-state index in [0.717, 1.165) is 30.8 Å². The molecule has 0 unspecified atom stereocenters. The van der Waals surface area contributed by atoms with Crippen molar-refractivity contribution in [3.05, 3.63) is 46.0 Å². The van der Waals surface area contributed by atoms with Crippen molar-refractivity contribution < 1.29 is 4.79 Å². The van der Waals surface area contributed by atoms with E-state index in [0.29, 0.717) is 17.7 Å². The molecule has 1 aliphatic rings. The molecule has 122 valence electrons. The number of rotatable bonds is 6. The van der Waals surface area contributed by atoms with E-state index in [4.69, 9.17) is 12.2 Å². The first-order valence-corrected chi connectivity index (χ1v) is 8.48. The van der Waals surface area contributed by atoms with Crippen LogP contribution < -0.4 is 5.32 Å². The molecule has 6 heteroatoms. The Balaban J connectivity index is 1.64. The van der Waals surface area contributed by atoms with E-state index >= 15 is 0 Å². The molecule has 23 heavy (non-hydrogen) atoms. The Bertz CT molecular complexity index is 773. The van der Waals surface area contributed by atoms with Crippen LogP contribution in [0.3, 0.4) is 0 Å². The third kappa shape index (κ3) is 2.95. The Morgan fingerprint density at radius 1 is 1.43 bits per heavy atom. The molecule has 1 aromatic heterocycles. The van der Waals surface area contributed by atoms with Crippen molar-refractivity contribution in [2.75, 3.05) is 6.54 Å². The molecular weight excluding hydrogens is 308 g/mol. The van der Waals surface area contributed by atoms with Crippen molar-refractivity contribution in [2.45, 2.75) is 45.1 Å². The summed E-state index contributed by atoms with van der Waals surface area (Å²) in [5.41, 5.74) is 2.03. The summed E-state index contributed by atoms with van der Waals surface area (Å²) in [4.78, 5) is 12.7. The van der Waals surface area contributed by atoms with Gasteiger partial charge in [-0.15, -0.1) is 0 Å². The van der Waals surface area contributed by atoms with Crippen LogP contribution in [0.2, 0.25) is 0 Å². The summed E-state index contributed by atoms with van der Waals surface area (Å²) in [5, 5.41) is 10.1. The smallest absolute Gasteiger partial charge is 0.230 e. The van der Waals surface area contributed by atoms with Gasteiger partial charge in [0.15, 0.2) is 4.77 Å². The minimum Gasteiger partial charge on any atom is -0.355 e.